The first-order valence-electron chi connectivity index (χ1n) is 9.87. The number of amides is 2. The topological polar surface area (TPSA) is 115 Å². The Morgan fingerprint density at radius 2 is 2.03 bits per heavy atom. The van der Waals surface area contributed by atoms with Gasteiger partial charge in [-0.1, -0.05) is 22.8 Å². The largest absolute Gasteiger partial charge is 0.358 e. The first-order valence-corrected chi connectivity index (χ1v) is 10.2. The fourth-order valence-corrected chi connectivity index (χ4v) is 3.78. The molecule has 1 aromatic carbocycles. The molecule has 2 heterocycles. The van der Waals surface area contributed by atoms with Crippen LogP contribution in [-0.2, 0) is 21.5 Å². The molecule has 0 atom stereocenters. The van der Waals surface area contributed by atoms with Crippen molar-refractivity contribution in [2.75, 3.05) is 13.6 Å². The Balaban J connectivity index is 1.62. The second kappa shape index (κ2) is 8.85. The molecule has 0 radical (unpaired) electrons. The van der Waals surface area contributed by atoms with Crippen LogP contribution >= 0.6 is 11.6 Å². The number of halogens is 4. The number of hydrogen-bond donors (Lipinski definition) is 2. The molecule has 3 aromatic rings. The first kappa shape index (κ1) is 22.8. The number of carbonyl (C=O) groups is 2. The molecule has 2 amide bonds. The third kappa shape index (κ3) is 4.56. The van der Waals surface area contributed by atoms with Gasteiger partial charge in [0, 0.05) is 12.1 Å². The summed E-state index contributed by atoms with van der Waals surface area (Å²) < 4.78 is 46.3. The molecule has 0 bridgehead atoms. The van der Waals surface area contributed by atoms with Crippen molar-refractivity contribution in [2.24, 2.45) is 0 Å². The van der Waals surface area contributed by atoms with Gasteiger partial charge in [0.15, 0.2) is 5.82 Å². The van der Waals surface area contributed by atoms with Crippen LogP contribution in [0.1, 0.15) is 36.3 Å². The third-order valence-corrected chi connectivity index (χ3v) is 5.62. The molecule has 1 fully saturated rings. The zero-order valence-corrected chi connectivity index (χ0v) is 18.0. The van der Waals surface area contributed by atoms with Crippen LogP contribution in [0.15, 0.2) is 28.8 Å². The molecular weight excluding hydrogens is 465 g/mol. The summed E-state index contributed by atoms with van der Waals surface area (Å²) in [6.07, 6.45) is -1.62. The Bertz CT molecular complexity index is 1210. The number of hydrogen-bond acceptors (Lipinski definition) is 6. The summed E-state index contributed by atoms with van der Waals surface area (Å²) in [6.45, 7) is -0.731. The van der Waals surface area contributed by atoms with E-state index in [-0.39, 0.29) is 29.0 Å². The van der Waals surface area contributed by atoms with Crippen LogP contribution in [0, 0.1) is 5.82 Å². The fourth-order valence-electron chi connectivity index (χ4n) is 3.43. The number of aromatic nitrogens is 4. The fraction of sp³-hybridized carbons (Fsp3) is 0.350. The van der Waals surface area contributed by atoms with Crippen molar-refractivity contribution < 1.29 is 27.3 Å². The van der Waals surface area contributed by atoms with Gasteiger partial charge >= 0.3 is 0 Å². The van der Waals surface area contributed by atoms with Crippen LogP contribution in [0.5, 0.6) is 0 Å². The summed E-state index contributed by atoms with van der Waals surface area (Å²) in [6, 6.07) is 5.08. The van der Waals surface area contributed by atoms with Crippen molar-refractivity contribution in [3.63, 3.8) is 0 Å². The van der Waals surface area contributed by atoms with Crippen molar-refractivity contribution >= 4 is 23.4 Å². The highest BCUT2D eigenvalue weighted by molar-refractivity contribution is 6.31. The Morgan fingerprint density at radius 1 is 1.27 bits per heavy atom. The molecule has 1 saturated carbocycles. The second-order valence-electron chi connectivity index (χ2n) is 7.49. The van der Waals surface area contributed by atoms with Crippen LogP contribution in [0.3, 0.4) is 0 Å². The lowest BCUT2D eigenvalue weighted by molar-refractivity contribution is -0.126. The lowest BCUT2D eigenvalue weighted by Gasteiger charge is -2.12. The maximum atomic E-state index is 13.5. The van der Waals surface area contributed by atoms with Crippen LogP contribution in [-0.4, -0.2) is 45.3 Å². The van der Waals surface area contributed by atoms with Crippen LogP contribution in [0.4, 0.5) is 13.2 Å². The number of nitrogens with one attached hydrogen (secondary N) is 2. The Morgan fingerprint density at radius 3 is 2.67 bits per heavy atom. The van der Waals surface area contributed by atoms with E-state index in [1.54, 1.807) is 6.07 Å². The summed E-state index contributed by atoms with van der Waals surface area (Å²) in [5.74, 6) is -1.38. The molecule has 1 aliphatic rings. The smallest absolute Gasteiger partial charge is 0.282 e. The number of carbonyl (C=O) groups excluding carboxylic acids is 2. The first-order chi connectivity index (χ1) is 15.7. The molecular formula is C20H18ClF3N6O3. The predicted octanol–water partition coefficient (Wildman–Crippen LogP) is 2.61. The summed E-state index contributed by atoms with van der Waals surface area (Å²) in [5.41, 5.74) is -0.603. The average Bonchev–Trinajstić information content (AvgIpc) is 3.22. The quantitative estimate of drug-likeness (QED) is 0.510. The monoisotopic (exact) mass is 482 g/mol. The van der Waals surface area contributed by atoms with Gasteiger partial charge in [0.1, 0.15) is 23.7 Å². The number of nitrogens with zero attached hydrogens (tertiary/aromatic N) is 4. The molecule has 174 valence electrons. The molecule has 0 aliphatic heterocycles. The molecule has 2 N–H and O–H groups in total. The van der Waals surface area contributed by atoms with Gasteiger partial charge in [-0.15, -0.1) is 0 Å². The van der Waals surface area contributed by atoms with E-state index in [1.807, 2.05) is 0 Å². The zero-order chi connectivity index (χ0) is 23.8. The minimum absolute atomic E-state index is 0.0140. The second-order valence-corrected chi connectivity index (χ2v) is 7.90. The van der Waals surface area contributed by atoms with E-state index < -0.39 is 41.7 Å². The third-order valence-electron chi connectivity index (χ3n) is 5.31. The van der Waals surface area contributed by atoms with E-state index in [4.69, 9.17) is 16.1 Å². The maximum absolute atomic E-state index is 13.5. The lowest BCUT2D eigenvalue weighted by Crippen LogP contribution is -2.37. The van der Waals surface area contributed by atoms with Gasteiger partial charge in [0.05, 0.1) is 12.0 Å². The summed E-state index contributed by atoms with van der Waals surface area (Å²) >= 11 is 6.21. The van der Waals surface area contributed by atoms with Crippen molar-refractivity contribution in [3.05, 3.63) is 52.2 Å². The molecule has 0 saturated heterocycles. The summed E-state index contributed by atoms with van der Waals surface area (Å²) in [4.78, 5) is 27.8. The molecule has 9 nitrogen and oxygen atoms in total. The Kier molecular flexibility index (Phi) is 6.11. The summed E-state index contributed by atoms with van der Waals surface area (Å²) in [5, 5.41) is 12.7. The molecule has 0 spiro atoms. The van der Waals surface area contributed by atoms with Crippen molar-refractivity contribution in [2.45, 2.75) is 31.2 Å². The van der Waals surface area contributed by atoms with Crippen molar-refractivity contribution in [3.8, 4) is 11.6 Å². The number of alkyl halides is 2. The predicted molar refractivity (Wildman–Crippen MR) is 109 cm³/mol. The Labute approximate surface area is 190 Å². The van der Waals surface area contributed by atoms with Crippen molar-refractivity contribution in [1.82, 2.24) is 30.6 Å². The molecule has 13 heteroatoms. The molecule has 4 rings (SSSR count). The van der Waals surface area contributed by atoms with E-state index in [0.717, 1.165) is 10.7 Å². The molecule has 1 aliphatic carbocycles. The minimum Gasteiger partial charge on any atom is -0.358 e. The van der Waals surface area contributed by atoms with Gasteiger partial charge in [-0.25, -0.2) is 17.9 Å². The van der Waals surface area contributed by atoms with E-state index in [0.29, 0.717) is 18.4 Å². The van der Waals surface area contributed by atoms with Gasteiger partial charge in [0.25, 0.3) is 12.3 Å². The van der Waals surface area contributed by atoms with E-state index in [2.05, 4.69) is 25.9 Å². The van der Waals surface area contributed by atoms with E-state index in [9.17, 15) is 22.8 Å². The number of benzene rings is 1. The zero-order valence-electron chi connectivity index (χ0n) is 17.2. The van der Waals surface area contributed by atoms with Gasteiger partial charge in [-0.05, 0) is 36.6 Å². The van der Waals surface area contributed by atoms with Crippen LogP contribution < -0.4 is 10.6 Å². The van der Waals surface area contributed by atoms with E-state index in [1.165, 1.54) is 19.2 Å². The van der Waals surface area contributed by atoms with Gasteiger partial charge < -0.3 is 15.2 Å². The van der Waals surface area contributed by atoms with Crippen LogP contribution in [0.2, 0.25) is 5.02 Å². The molecule has 33 heavy (non-hydrogen) atoms. The maximum Gasteiger partial charge on any atom is 0.282 e. The number of likely N-dealkylation sites (N-methyl/N-ethyl adjacent to an activating group) is 1. The summed E-state index contributed by atoms with van der Waals surface area (Å²) in [7, 11) is 1.41. The minimum atomic E-state index is -2.89. The average molecular weight is 483 g/mol. The highest BCUT2D eigenvalue weighted by Crippen LogP contribution is 2.54. The number of rotatable bonds is 8. The molecule has 2 aromatic heterocycles. The Hall–Kier alpha value is -3.41. The SMILES string of the molecule is CNC(=O)CNC(=O)Cn1nc(C(F)F)cc1-c1nc(C2(c3ccc(F)cc3Cl)CC2)no1. The van der Waals surface area contributed by atoms with Crippen molar-refractivity contribution in [1.29, 1.82) is 0 Å². The highest BCUT2D eigenvalue weighted by Gasteiger charge is 2.51. The van der Waals surface area contributed by atoms with E-state index >= 15 is 0 Å². The highest BCUT2D eigenvalue weighted by atomic mass is 35.5. The van der Waals surface area contributed by atoms with Gasteiger partial charge in [0.2, 0.25) is 11.8 Å². The molecule has 0 unspecified atom stereocenters. The van der Waals surface area contributed by atoms with Gasteiger partial charge in [-0.3, -0.25) is 9.59 Å². The van der Waals surface area contributed by atoms with Crippen LogP contribution in [0.25, 0.3) is 11.6 Å². The lowest BCUT2D eigenvalue weighted by atomic mass is 9.95. The standard InChI is InChI=1S/C20H18ClF3N6O3/c1-25-15(31)8-26-16(32)9-30-14(7-13(28-30)17(23)24)18-27-19(29-33-18)20(4-5-20)11-3-2-10(22)6-12(11)21/h2-3,6-7,17H,4-5,8-9H2,1H3,(H,25,31)(H,26,32). The van der Waals surface area contributed by atoms with Gasteiger partial charge in [-0.2, -0.15) is 10.1 Å². The normalized spacial score (nSPS) is 14.4.